The van der Waals surface area contributed by atoms with Crippen molar-refractivity contribution in [2.45, 2.75) is 44.4 Å². The van der Waals surface area contributed by atoms with Gasteiger partial charge in [-0.3, -0.25) is 4.84 Å². The molecule has 0 aromatic heterocycles. The molecule has 3 atom stereocenters. The highest BCUT2D eigenvalue weighted by molar-refractivity contribution is 5.19. The second-order valence-corrected chi connectivity index (χ2v) is 4.71. The van der Waals surface area contributed by atoms with Crippen molar-refractivity contribution in [2.24, 2.45) is 0 Å². The molecule has 0 aliphatic carbocycles. The van der Waals surface area contributed by atoms with E-state index in [2.05, 4.69) is 19.1 Å². The first-order chi connectivity index (χ1) is 8.22. The van der Waals surface area contributed by atoms with Crippen molar-refractivity contribution in [1.29, 1.82) is 0 Å². The molecule has 0 spiro atoms. The summed E-state index contributed by atoms with van der Waals surface area (Å²) >= 11 is 0. The second-order valence-electron chi connectivity index (χ2n) is 4.71. The minimum atomic E-state index is -0.351. The van der Waals surface area contributed by atoms with Gasteiger partial charge in [0.1, 0.15) is 6.10 Å². The number of rotatable bonds is 4. The van der Waals surface area contributed by atoms with E-state index < -0.39 is 0 Å². The summed E-state index contributed by atoms with van der Waals surface area (Å²) in [6.45, 7) is 2.08. The number of aliphatic hydroxyl groups is 1. The maximum atomic E-state index is 9.98. The smallest absolute Gasteiger partial charge is 0.107 e. The quantitative estimate of drug-likeness (QED) is 0.870. The molecule has 1 aliphatic rings. The van der Waals surface area contributed by atoms with Crippen molar-refractivity contribution < 1.29 is 9.94 Å². The highest BCUT2D eigenvalue weighted by Gasteiger charge is 2.35. The predicted molar refractivity (Wildman–Crippen MR) is 67.4 cm³/mol. The van der Waals surface area contributed by atoms with Crippen molar-refractivity contribution in [3.8, 4) is 0 Å². The fourth-order valence-electron chi connectivity index (χ4n) is 2.43. The lowest BCUT2D eigenvalue weighted by Gasteiger charge is -2.18. The van der Waals surface area contributed by atoms with Crippen LogP contribution < -0.4 is 0 Å². The van der Waals surface area contributed by atoms with Crippen LogP contribution >= 0.6 is 0 Å². The molecule has 3 nitrogen and oxygen atoms in total. The third kappa shape index (κ3) is 2.86. The number of aliphatic hydroxyl groups excluding tert-OH is 1. The Morgan fingerprint density at radius 3 is 2.76 bits per heavy atom. The molecule has 1 saturated heterocycles. The average Bonchev–Trinajstić information content (AvgIpc) is 2.73. The van der Waals surface area contributed by atoms with Crippen LogP contribution in [0.4, 0.5) is 0 Å². The van der Waals surface area contributed by atoms with Crippen LogP contribution in [0.25, 0.3) is 0 Å². The number of hydrogen-bond acceptors (Lipinski definition) is 3. The first-order valence-electron chi connectivity index (χ1n) is 6.35. The Morgan fingerprint density at radius 1 is 1.41 bits per heavy atom. The van der Waals surface area contributed by atoms with Gasteiger partial charge in [0.15, 0.2) is 0 Å². The van der Waals surface area contributed by atoms with E-state index in [9.17, 15) is 5.11 Å². The van der Waals surface area contributed by atoms with Gasteiger partial charge >= 0.3 is 0 Å². The van der Waals surface area contributed by atoms with Gasteiger partial charge in [-0.2, -0.15) is 5.06 Å². The molecule has 94 valence electrons. The van der Waals surface area contributed by atoms with E-state index >= 15 is 0 Å². The summed E-state index contributed by atoms with van der Waals surface area (Å²) < 4.78 is 0. The van der Waals surface area contributed by atoms with Crippen LogP contribution in [0.5, 0.6) is 0 Å². The first kappa shape index (κ1) is 12.6. The molecule has 1 aromatic carbocycles. The highest BCUT2D eigenvalue weighted by atomic mass is 16.7. The second kappa shape index (κ2) is 5.63. The van der Waals surface area contributed by atoms with Gasteiger partial charge in [-0.1, -0.05) is 43.7 Å². The number of nitrogens with zero attached hydrogens (tertiary/aromatic N) is 1. The molecule has 0 bridgehead atoms. The Balaban J connectivity index is 2.03. The van der Waals surface area contributed by atoms with Crippen LogP contribution in [0.1, 0.15) is 37.8 Å². The SMILES string of the molecule is CCC[C@@H](O)[C@H]1C[C@H](c2ccccc2)N(C)O1. The predicted octanol–water partition coefficient (Wildman–Crippen LogP) is 2.52. The maximum absolute atomic E-state index is 9.98. The van der Waals surface area contributed by atoms with Crippen molar-refractivity contribution in [3.63, 3.8) is 0 Å². The van der Waals surface area contributed by atoms with Gasteiger partial charge in [-0.25, -0.2) is 0 Å². The van der Waals surface area contributed by atoms with Crippen molar-refractivity contribution in [3.05, 3.63) is 35.9 Å². The van der Waals surface area contributed by atoms with E-state index in [0.29, 0.717) is 0 Å². The van der Waals surface area contributed by atoms with E-state index in [4.69, 9.17) is 4.84 Å². The van der Waals surface area contributed by atoms with E-state index in [-0.39, 0.29) is 18.2 Å². The minimum Gasteiger partial charge on any atom is -0.390 e. The normalized spacial score (nSPS) is 27.2. The molecule has 0 unspecified atom stereocenters. The minimum absolute atomic E-state index is 0.0647. The van der Waals surface area contributed by atoms with Gasteiger partial charge in [0.2, 0.25) is 0 Å². The molecule has 1 fully saturated rings. The summed E-state index contributed by atoms with van der Waals surface area (Å²) in [6, 6.07) is 10.6. The van der Waals surface area contributed by atoms with Crippen LogP contribution in [0.2, 0.25) is 0 Å². The van der Waals surface area contributed by atoms with Gasteiger partial charge in [0, 0.05) is 13.5 Å². The molecular formula is C14H21NO2. The summed E-state index contributed by atoms with van der Waals surface area (Å²) in [4.78, 5) is 5.73. The van der Waals surface area contributed by atoms with Crippen LogP contribution in [0, 0.1) is 0 Å². The zero-order valence-electron chi connectivity index (χ0n) is 10.5. The number of benzene rings is 1. The topological polar surface area (TPSA) is 32.7 Å². The van der Waals surface area contributed by atoms with Gasteiger partial charge in [0.25, 0.3) is 0 Å². The zero-order chi connectivity index (χ0) is 12.3. The van der Waals surface area contributed by atoms with E-state index in [1.807, 2.05) is 30.3 Å². The molecule has 1 aliphatic heterocycles. The van der Waals surface area contributed by atoms with Crippen molar-refractivity contribution in [2.75, 3.05) is 7.05 Å². The molecule has 3 heteroatoms. The van der Waals surface area contributed by atoms with Crippen molar-refractivity contribution in [1.82, 2.24) is 5.06 Å². The number of hydrogen-bond donors (Lipinski definition) is 1. The summed E-state index contributed by atoms with van der Waals surface area (Å²) in [5.41, 5.74) is 1.25. The van der Waals surface area contributed by atoms with Gasteiger partial charge in [-0.05, 0) is 12.0 Å². The lowest BCUT2D eigenvalue weighted by Crippen LogP contribution is -2.26. The van der Waals surface area contributed by atoms with E-state index in [1.54, 1.807) is 0 Å². The molecule has 1 heterocycles. The van der Waals surface area contributed by atoms with Gasteiger partial charge in [-0.15, -0.1) is 0 Å². The number of hydroxylamine groups is 2. The fourth-order valence-corrected chi connectivity index (χ4v) is 2.43. The van der Waals surface area contributed by atoms with E-state index in [0.717, 1.165) is 19.3 Å². The molecule has 1 N–H and O–H groups in total. The maximum Gasteiger partial charge on any atom is 0.107 e. The largest absolute Gasteiger partial charge is 0.390 e. The Hall–Kier alpha value is -0.900. The molecular weight excluding hydrogens is 214 g/mol. The summed E-state index contributed by atoms with van der Waals surface area (Å²) in [5.74, 6) is 0. The monoisotopic (exact) mass is 235 g/mol. The molecule has 0 saturated carbocycles. The van der Waals surface area contributed by atoms with Gasteiger partial charge in [0.05, 0.1) is 12.1 Å². The summed E-state index contributed by atoms with van der Waals surface area (Å²) in [7, 11) is 1.94. The molecule has 0 amide bonds. The Kier molecular flexibility index (Phi) is 4.15. The first-order valence-corrected chi connectivity index (χ1v) is 6.35. The Bertz CT molecular complexity index is 341. The van der Waals surface area contributed by atoms with E-state index in [1.165, 1.54) is 5.56 Å². The molecule has 0 radical (unpaired) electrons. The standard InChI is InChI=1S/C14H21NO2/c1-3-7-13(16)14-10-12(15(2)17-14)11-8-5-4-6-9-11/h4-6,8-9,12-14,16H,3,7,10H2,1-2H3/t12-,13-,14-/m1/s1. The lowest BCUT2D eigenvalue weighted by molar-refractivity contribution is -0.170. The fraction of sp³-hybridized carbons (Fsp3) is 0.571. The zero-order valence-corrected chi connectivity index (χ0v) is 10.5. The van der Waals surface area contributed by atoms with Crippen LogP contribution in [0.15, 0.2) is 30.3 Å². The lowest BCUT2D eigenvalue weighted by atomic mass is 9.98. The summed E-state index contributed by atoms with van der Waals surface area (Å²) in [6.07, 6.45) is 2.24. The van der Waals surface area contributed by atoms with Crippen LogP contribution in [-0.2, 0) is 4.84 Å². The van der Waals surface area contributed by atoms with Gasteiger partial charge < -0.3 is 5.11 Å². The third-order valence-corrected chi connectivity index (χ3v) is 3.39. The molecule has 2 rings (SSSR count). The average molecular weight is 235 g/mol. The molecule has 1 aromatic rings. The Labute approximate surface area is 103 Å². The molecule has 17 heavy (non-hydrogen) atoms. The Morgan fingerprint density at radius 2 is 2.12 bits per heavy atom. The highest BCUT2D eigenvalue weighted by Crippen LogP contribution is 2.34. The summed E-state index contributed by atoms with van der Waals surface area (Å²) in [5, 5.41) is 11.9. The third-order valence-electron chi connectivity index (χ3n) is 3.39. The van der Waals surface area contributed by atoms with Crippen LogP contribution in [0.3, 0.4) is 0 Å². The van der Waals surface area contributed by atoms with Crippen molar-refractivity contribution >= 4 is 0 Å². The van der Waals surface area contributed by atoms with Crippen LogP contribution in [-0.4, -0.2) is 29.4 Å².